The zero-order valence-electron chi connectivity index (χ0n) is 14.2. The predicted molar refractivity (Wildman–Crippen MR) is 90.4 cm³/mol. The normalized spacial score (nSPS) is 24.9. The van der Waals surface area contributed by atoms with Gasteiger partial charge in [0.1, 0.15) is 5.78 Å². The van der Waals surface area contributed by atoms with Gasteiger partial charge in [0, 0.05) is 37.3 Å². The first kappa shape index (κ1) is 16.9. The molecule has 1 aromatic rings. The average Bonchev–Trinajstić information content (AvgIpc) is 2.45. The largest absolute Gasteiger partial charge is 0.310 e. The maximum atomic E-state index is 12.8. The van der Waals surface area contributed by atoms with Crippen LogP contribution in [0.1, 0.15) is 46.1 Å². The smallest absolute Gasteiger partial charge is 0.138 e. The monoisotopic (exact) mass is 300 g/mol. The van der Waals surface area contributed by atoms with Crippen molar-refractivity contribution in [2.45, 2.75) is 53.1 Å². The van der Waals surface area contributed by atoms with Gasteiger partial charge in [0.15, 0.2) is 0 Å². The van der Waals surface area contributed by atoms with Crippen LogP contribution >= 0.6 is 0 Å². The molecule has 2 rings (SSSR count). The molecule has 0 radical (unpaired) electrons. The number of hydrogen-bond acceptors (Lipinski definition) is 3. The molecule has 3 atom stereocenters. The van der Waals surface area contributed by atoms with Gasteiger partial charge in [0.2, 0.25) is 0 Å². The number of hydrogen-bond donors (Lipinski definition) is 1. The number of nitrogens with zero attached hydrogens (tertiary/aromatic N) is 1. The topological polar surface area (TPSA) is 42.0 Å². The third-order valence-corrected chi connectivity index (χ3v) is 4.68. The lowest BCUT2D eigenvalue weighted by Gasteiger charge is -2.39. The summed E-state index contributed by atoms with van der Waals surface area (Å²) in [5, 5.41) is 3.43. The Labute approximate surface area is 134 Å². The summed E-state index contributed by atoms with van der Waals surface area (Å²) in [5.41, 5.74) is 1.21. The standard InChI is InChI=1S/C19H28N2O/c1-14-7-5-9-19(3,4)18(14)17(22)11-15(2)21-13-16-8-6-10-20-12-16/h5-8,10,12,14-15,18,21H,9,11,13H2,1-4H3/t14-,15-,18-/m1/s1. The Hall–Kier alpha value is -1.48. The number of rotatable bonds is 6. The highest BCUT2D eigenvalue weighted by Gasteiger charge is 2.39. The lowest BCUT2D eigenvalue weighted by molar-refractivity contribution is -0.128. The molecule has 1 aliphatic rings. The van der Waals surface area contributed by atoms with Gasteiger partial charge in [-0.1, -0.05) is 39.0 Å². The minimum atomic E-state index is 0.0638. The molecule has 0 aliphatic heterocycles. The second-order valence-corrected chi connectivity index (χ2v) is 7.27. The van der Waals surface area contributed by atoms with Crippen molar-refractivity contribution in [1.29, 1.82) is 0 Å². The SMILES string of the molecule is C[C@H](CC(=O)[C@H]1[C@H](C)C=CCC1(C)C)NCc1cccnc1. The minimum Gasteiger partial charge on any atom is -0.310 e. The van der Waals surface area contributed by atoms with Gasteiger partial charge in [-0.25, -0.2) is 0 Å². The van der Waals surface area contributed by atoms with E-state index in [2.05, 4.69) is 50.1 Å². The number of ketones is 1. The van der Waals surface area contributed by atoms with E-state index in [4.69, 9.17) is 0 Å². The van der Waals surface area contributed by atoms with Gasteiger partial charge in [-0.15, -0.1) is 0 Å². The summed E-state index contributed by atoms with van der Waals surface area (Å²) in [6, 6.07) is 4.17. The molecule has 0 amide bonds. The summed E-state index contributed by atoms with van der Waals surface area (Å²) >= 11 is 0. The molecule has 1 aliphatic carbocycles. The number of aromatic nitrogens is 1. The summed E-state index contributed by atoms with van der Waals surface area (Å²) in [6.07, 6.45) is 9.63. The molecule has 3 nitrogen and oxygen atoms in total. The van der Waals surface area contributed by atoms with E-state index >= 15 is 0 Å². The maximum absolute atomic E-state index is 12.8. The molecule has 3 heteroatoms. The van der Waals surface area contributed by atoms with E-state index in [-0.39, 0.29) is 17.4 Å². The molecule has 0 saturated heterocycles. The van der Waals surface area contributed by atoms with Crippen molar-refractivity contribution in [2.24, 2.45) is 17.3 Å². The second kappa shape index (κ2) is 7.19. The van der Waals surface area contributed by atoms with E-state index in [9.17, 15) is 4.79 Å². The lowest BCUT2D eigenvalue weighted by Crippen LogP contribution is -2.40. The molecule has 1 heterocycles. The van der Waals surface area contributed by atoms with E-state index in [0.29, 0.717) is 18.1 Å². The van der Waals surface area contributed by atoms with Crippen LogP contribution in [0.4, 0.5) is 0 Å². The fraction of sp³-hybridized carbons (Fsp3) is 0.579. The van der Waals surface area contributed by atoms with E-state index in [0.717, 1.165) is 18.5 Å². The highest BCUT2D eigenvalue weighted by molar-refractivity contribution is 5.83. The van der Waals surface area contributed by atoms with Gasteiger partial charge in [0.05, 0.1) is 0 Å². The van der Waals surface area contributed by atoms with Gasteiger partial charge < -0.3 is 5.32 Å². The van der Waals surface area contributed by atoms with Crippen molar-refractivity contribution >= 4 is 5.78 Å². The Morgan fingerprint density at radius 1 is 1.50 bits per heavy atom. The second-order valence-electron chi connectivity index (χ2n) is 7.27. The quantitative estimate of drug-likeness (QED) is 0.813. The number of Topliss-reactive ketones (excluding diaryl/α,β-unsaturated/α-hetero) is 1. The summed E-state index contributed by atoms with van der Waals surface area (Å²) in [6.45, 7) is 9.43. The summed E-state index contributed by atoms with van der Waals surface area (Å²) in [7, 11) is 0. The number of pyridine rings is 1. The first-order chi connectivity index (χ1) is 10.4. The first-order valence-electron chi connectivity index (χ1n) is 8.22. The number of carbonyl (C=O) groups excluding carboxylic acids is 1. The third kappa shape index (κ3) is 4.26. The van der Waals surface area contributed by atoms with Crippen LogP contribution in [0.5, 0.6) is 0 Å². The molecule has 0 bridgehead atoms. The van der Waals surface area contributed by atoms with Crippen LogP contribution in [-0.4, -0.2) is 16.8 Å². The third-order valence-electron chi connectivity index (χ3n) is 4.68. The lowest BCUT2D eigenvalue weighted by atomic mass is 9.65. The van der Waals surface area contributed by atoms with Crippen molar-refractivity contribution in [3.8, 4) is 0 Å². The molecule has 0 spiro atoms. The Balaban J connectivity index is 1.89. The number of carbonyl (C=O) groups is 1. The Morgan fingerprint density at radius 2 is 2.27 bits per heavy atom. The van der Waals surface area contributed by atoms with Gasteiger partial charge in [-0.05, 0) is 36.3 Å². The Bertz CT molecular complexity index is 521. The van der Waals surface area contributed by atoms with Crippen molar-refractivity contribution < 1.29 is 4.79 Å². The molecule has 0 unspecified atom stereocenters. The molecule has 0 aromatic carbocycles. The van der Waals surface area contributed by atoms with Gasteiger partial charge in [0.25, 0.3) is 0 Å². The van der Waals surface area contributed by atoms with Crippen molar-refractivity contribution in [2.75, 3.05) is 0 Å². The van der Waals surface area contributed by atoms with Gasteiger partial charge >= 0.3 is 0 Å². The molecule has 1 N–H and O–H groups in total. The van der Waals surface area contributed by atoms with Crippen molar-refractivity contribution in [3.05, 3.63) is 42.2 Å². The highest BCUT2D eigenvalue weighted by atomic mass is 16.1. The summed E-state index contributed by atoms with van der Waals surface area (Å²) in [5.74, 6) is 0.843. The van der Waals surface area contributed by atoms with Crippen molar-refractivity contribution in [1.82, 2.24) is 10.3 Å². The van der Waals surface area contributed by atoms with Crippen molar-refractivity contribution in [3.63, 3.8) is 0 Å². The zero-order chi connectivity index (χ0) is 16.2. The molecule has 0 fully saturated rings. The van der Waals surface area contributed by atoms with Gasteiger partial charge in [-0.3, -0.25) is 9.78 Å². The van der Waals surface area contributed by atoms with Crippen LogP contribution in [0.15, 0.2) is 36.7 Å². The van der Waals surface area contributed by atoms with Crippen LogP contribution in [0.25, 0.3) is 0 Å². The van der Waals surface area contributed by atoms with E-state index in [1.165, 1.54) is 0 Å². The Morgan fingerprint density at radius 3 is 2.91 bits per heavy atom. The fourth-order valence-electron chi connectivity index (χ4n) is 3.56. The van der Waals surface area contributed by atoms with Gasteiger partial charge in [-0.2, -0.15) is 0 Å². The molecular weight excluding hydrogens is 272 g/mol. The molecule has 22 heavy (non-hydrogen) atoms. The molecule has 1 aromatic heterocycles. The average molecular weight is 300 g/mol. The summed E-state index contributed by atoms with van der Waals surface area (Å²) < 4.78 is 0. The van der Waals surface area contributed by atoms with E-state index < -0.39 is 0 Å². The summed E-state index contributed by atoms with van der Waals surface area (Å²) in [4.78, 5) is 16.9. The highest BCUT2D eigenvalue weighted by Crippen LogP contribution is 2.41. The number of allylic oxidation sites excluding steroid dienone is 2. The van der Waals surface area contributed by atoms with Crippen LogP contribution in [0.3, 0.4) is 0 Å². The molecule has 120 valence electrons. The van der Waals surface area contributed by atoms with Crippen LogP contribution in [0, 0.1) is 17.3 Å². The molecule has 0 saturated carbocycles. The molecular formula is C19H28N2O. The zero-order valence-corrected chi connectivity index (χ0v) is 14.2. The Kier molecular flexibility index (Phi) is 5.52. The van der Waals surface area contributed by atoms with Crippen LogP contribution < -0.4 is 5.32 Å². The first-order valence-corrected chi connectivity index (χ1v) is 8.22. The van der Waals surface area contributed by atoms with E-state index in [1.54, 1.807) is 6.20 Å². The van der Waals surface area contributed by atoms with Crippen LogP contribution in [0.2, 0.25) is 0 Å². The van der Waals surface area contributed by atoms with Crippen LogP contribution in [-0.2, 0) is 11.3 Å². The fourth-order valence-corrected chi connectivity index (χ4v) is 3.56. The number of nitrogens with one attached hydrogen (secondary N) is 1. The minimum absolute atomic E-state index is 0.0638. The van der Waals surface area contributed by atoms with E-state index in [1.807, 2.05) is 18.3 Å². The predicted octanol–water partition coefficient (Wildman–Crippen LogP) is 3.76. The maximum Gasteiger partial charge on any atom is 0.138 e.